The van der Waals surface area contributed by atoms with Crippen LogP contribution in [0.25, 0.3) is 0 Å². The SMILES string of the molecule is Cn1cnnc1C1CC1c1cccc(N)c1. The maximum atomic E-state index is 5.79. The quantitative estimate of drug-likeness (QED) is 0.774. The molecule has 0 aliphatic heterocycles. The molecule has 16 heavy (non-hydrogen) atoms. The van der Waals surface area contributed by atoms with E-state index in [-0.39, 0.29) is 0 Å². The third-order valence-electron chi connectivity index (χ3n) is 3.21. The molecule has 2 aromatic rings. The second-order valence-electron chi connectivity index (χ2n) is 4.42. The van der Waals surface area contributed by atoms with E-state index in [0.717, 1.165) is 17.9 Å². The van der Waals surface area contributed by atoms with E-state index in [0.29, 0.717) is 11.8 Å². The highest BCUT2D eigenvalue weighted by molar-refractivity contribution is 5.44. The van der Waals surface area contributed by atoms with E-state index >= 15 is 0 Å². The number of nitrogens with zero attached hydrogens (tertiary/aromatic N) is 3. The van der Waals surface area contributed by atoms with Crippen molar-refractivity contribution in [2.45, 2.75) is 18.3 Å². The van der Waals surface area contributed by atoms with Crippen LogP contribution in [0.1, 0.15) is 29.6 Å². The molecule has 1 fully saturated rings. The minimum absolute atomic E-state index is 0.509. The molecule has 1 aromatic heterocycles. The van der Waals surface area contributed by atoms with Gasteiger partial charge in [-0.1, -0.05) is 12.1 Å². The van der Waals surface area contributed by atoms with Crippen molar-refractivity contribution in [1.29, 1.82) is 0 Å². The van der Waals surface area contributed by atoms with Crippen molar-refractivity contribution in [2.75, 3.05) is 5.73 Å². The highest BCUT2D eigenvalue weighted by atomic mass is 15.3. The molecule has 2 N–H and O–H groups in total. The molecule has 1 aliphatic carbocycles. The fraction of sp³-hybridized carbons (Fsp3) is 0.333. The van der Waals surface area contributed by atoms with E-state index in [4.69, 9.17) is 5.73 Å². The molecule has 1 heterocycles. The topological polar surface area (TPSA) is 56.7 Å². The molecular formula is C12H14N4. The summed E-state index contributed by atoms with van der Waals surface area (Å²) in [5, 5.41) is 8.07. The first-order chi connectivity index (χ1) is 7.75. The normalized spacial score (nSPS) is 23.3. The minimum Gasteiger partial charge on any atom is -0.399 e. The van der Waals surface area contributed by atoms with Gasteiger partial charge in [-0.15, -0.1) is 10.2 Å². The third kappa shape index (κ3) is 1.46. The molecule has 0 amide bonds. The van der Waals surface area contributed by atoms with Gasteiger partial charge in [0.15, 0.2) is 0 Å². The lowest BCUT2D eigenvalue weighted by molar-refractivity contribution is 0.785. The number of aryl methyl sites for hydroxylation is 1. The predicted octanol–water partition coefficient (Wildman–Crippen LogP) is 1.67. The third-order valence-corrected chi connectivity index (χ3v) is 3.21. The Morgan fingerprint density at radius 2 is 2.25 bits per heavy atom. The number of hydrogen-bond donors (Lipinski definition) is 1. The summed E-state index contributed by atoms with van der Waals surface area (Å²) in [5.74, 6) is 2.15. The molecule has 0 spiro atoms. The van der Waals surface area contributed by atoms with Crippen LogP contribution in [0, 0.1) is 0 Å². The molecule has 3 rings (SSSR count). The van der Waals surface area contributed by atoms with Crippen molar-refractivity contribution in [2.24, 2.45) is 7.05 Å². The number of benzene rings is 1. The molecule has 0 saturated heterocycles. The van der Waals surface area contributed by atoms with Crippen LogP contribution in [0.5, 0.6) is 0 Å². The second-order valence-corrected chi connectivity index (χ2v) is 4.42. The molecule has 1 aromatic carbocycles. The first kappa shape index (κ1) is 9.39. The van der Waals surface area contributed by atoms with E-state index < -0.39 is 0 Å². The van der Waals surface area contributed by atoms with E-state index in [1.54, 1.807) is 6.33 Å². The molecule has 1 aliphatic rings. The van der Waals surface area contributed by atoms with Gasteiger partial charge >= 0.3 is 0 Å². The lowest BCUT2D eigenvalue weighted by Gasteiger charge is -2.01. The highest BCUT2D eigenvalue weighted by Gasteiger charge is 2.42. The van der Waals surface area contributed by atoms with Crippen molar-refractivity contribution in [3.63, 3.8) is 0 Å². The van der Waals surface area contributed by atoms with Crippen LogP contribution in [0.4, 0.5) is 5.69 Å². The van der Waals surface area contributed by atoms with E-state index in [1.165, 1.54) is 5.56 Å². The van der Waals surface area contributed by atoms with E-state index in [2.05, 4.69) is 22.3 Å². The standard InChI is InChI=1S/C12H14N4/c1-16-7-14-15-12(16)11-6-10(11)8-3-2-4-9(13)5-8/h2-5,7,10-11H,6,13H2,1H3. The zero-order valence-electron chi connectivity index (χ0n) is 9.17. The van der Waals surface area contributed by atoms with Crippen molar-refractivity contribution in [1.82, 2.24) is 14.8 Å². The van der Waals surface area contributed by atoms with Crippen molar-refractivity contribution >= 4 is 5.69 Å². The Kier molecular flexibility index (Phi) is 1.96. The first-order valence-electron chi connectivity index (χ1n) is 5.45. The summed E-state index contributed by atoms with van der Waals surface area (Å²) >= 11 is 0. The van der Waals surface area contributed by atoms with Gasteiger partial charge in [0, 0.05) is 18.7 Å². The van der Waals surface area contributed by atoms with Gasteiger partial charge in [-0.3, -0.25) is 0 Å². The van der Waals surface area contributed by atoms with E-state index in [1.807, 2.05) is 23.7 Å². The molecule has 2 unspecified atom stereocenters. The molecule has 0 radical (unpaired) electrons. The van der Waals surface area contributed by atoms with Gasteiger partial charge in [0.25, 0.3) is 0 Å². The number of hydrogen-bond acceptors (Lipinski definition) is 3. The van der Waals surface area contributed by atoms with Crippen LogP contribution >= 0.6 is 0 Å². The minimum atomic E-state index is 0.509. The zero-order chi connectivity index (χ0) is 11.1. The summed E-state index contributed by atoms with van der Waals surface area (Å²) in [6.07, 6.45) is 2.90. The van der Waals surface area contributed by atoms with Crippen molar-refractivity contribution in [3.05, 3.63) is 42.0 Å². The number of anilines is 1. The molecule has 1 saturated carbocycles. The summed E-state index contributed by atoms with van der Waals surface area (Å²) in [6.45, 7) is 0. The number of nitrogen functional groups attached to an aromatic ring is 1. The Balaban J connectivity index is 1.84. The molecule has 4 heteroatoms. The highest BCUT2D eigenvalue weighted by Crippen LogP contribution is 2.53. The summed E-state index contributed by atoms with van der Waals surface area (Å²) < 4.78 is 2.00. The molecule has 2 atom stereocenters. The molecule has 0 bridgehead atoms. The van der Waals surface area contributed by atoms with Gasteiger partial charge in [-0.05, 0) is 30.0 Å². The Labute approximate surface area is 94.1 Å². The van der Waals surface area contributed by atoms with Gasteiger partial charge in [0.05, 0.1) is 0 Å². The Hall–Kier alpha value is -1.84. The summed E-state index contributed by atoms with van der Waals surface area (Å²) in [4.78, 5) is 0. The monoisotopic (exact) mass is 214 g/mol. The molecule has 4 nitrogen and oxygen atoms in total. The van der Waals surface area contributed by atoms with Gasteiger partial charge in [0.2, 0.25) is 0 Å². The fourth-order valence-corrected chi connectivity index (χ4v) is 2.27. The summed E-state index contributed by atoms with van der Waals surface area (Å²) in [6, 6.07) is 8.12. The smallest absolute Gasteiger partial charge is 0.136 e. The molecular weight excluding hydrogens is 200 g/mol. The largest absolute Gasteiger partial charge is 0.399 e. The second kappa shape index (κ2) is 3.33. The maximum absolute atomic E-state index is 5.79. The average molecular weight is 214 g/mol. The lowest BCUT2D eigenvalue weighted by atomic mass is 10.1. The molecule has 82 valence electrons. The first-order valence-corrected chi connectivity index (χ1v) is 5.45. The van der Waals surface area contributed by atoms with Gasteiger partial charge in [-0.25, -0.2) is 0 Å². The van der Waals surface area contributed by atoms with Gasteiger partial charge < -0.3 is 10.3 Å². The van der Waals surface area contributed by atoms with E-state index in [9.17, 15) is 0 Å². The maximum Gasteiger partial charge on any atom is 0.136 e. The van der Waals surface area contributed by atoms with Crippen LogP contribution in [-0.2, 0) is 7.05 Å². The van der Waals surface area contributed by atoms with Gasteiger partial charge in [-0.2, -0.15) is 0 Å². The number of nitrogens with two attached hydrogens (primary N) is 1. The van der Waals surface area contributed by atoms with Crippen LogP contribution in [-0.4, -0.2) is 14.8 Å². The van der Waals surface area contributed by atoms with Crippen molar-refractivity contribution in [3.8, 4) is 0 Å². The Morgan fingerprint density at radius 1 is 1.38 bits per heavy atom. The fourth-order valence-electron chi connectivity index (χ4n) is 2.27. The average Bonchev–Trinajstić information content (AvgIpc) is 2.95. The van der Waals surface area contributed by atoms with Crippen LogP contribution in [0.2, 0.25) is 0 Å². The Bertz CT molecular complexity index is 517. The van der Waals surface area contributed by atoms with Crippen LogP contribution in [0.15, 0.2) is 30.6 Å². The van der Waals surface area contributed by atoms with Gasteiger partial charge in [0.1, 0.15) is 12.2 Å². The zero-order valence-corrected chi connectivity index (χ0v) is 9.17. The van der Waals surface area contributed by atoms with Crippen LogP contribution in [0.3, 0.4) is 0 Å². The lowest BCUT2D eigenvalue weighted by Crippen LogP contribution is -1.96. The van der Waals surface area contributed by atoms with Crippen molar-refractivity contribution < 1.29 is 0 Å². The Morgan fingerprint density at radius 3 is 2.94 bits per heavy atom. The predicted molar refractivity (Wildman–Crippen MR) is 62.0 cm³/mol. The summed E-state index contributed by atoms with van der Waals surface area (Å²) in [7, 11) is 1.99. The van der Waals surface area contributed by atoms with Crippen LogP contribution < -0.4 is 5.73 Å². The number of rotatable bonds is 2. The number of aromatic nitrogens is 3. The summed E-state index contributed by atoms with van der Waals surface area (Å²) in [5.41, 5.74) is 7.93.